The van der Waals surface area contributed by atoms with Crippen molar-refractivity contribution in [2.45, 2.75) is 33.0 Å². The molecular weight excluding hydrogens is 232 g/mol. The molecular formula is C14H22O4. The van der Waals surface area contributed by atoms with Crippen molar-refractivity contribution in [3.63, 3.8) is 0 Å². The summed E-state index contributed by atoms with van der Waals surface area (Å²) in [6, 6.07) is 3.81. The van der Waals surface area contributed by atoms with E-state index in [1.165, 1.54) is 0 Å². The maximum atomic E-state index is 5.70. The second kappa shape index (κ2) is 7.11. The first-order valence-electron chi connectivity index (χ1n) is 6.06. The molecule has 1 aromatic rings. The van der Waals surface area contributed by atoms with E-state index in [1.807, 2.05) is 12.1 Å². The van der Waals surface area contributed by atoms with Gasteiger partial charge in [-0.15, -0.1) is 0 Å². The van der Waals surface area contributed by atoms with E-state index in [1.54, 1.807) is 21.3 Å². The zero-order valence-electron chi connectivity index (χ0n) is 11.8. The van der Waals surface area contributed by atoms with Gasteiger partial charge in [0.2, 0.25) is 5.75 Å². The number of ether oxygens (including phenoxy) is 4. The molecule has 0 aliphatic carbocycles. The quantitative estimate of drug-likeness (QED) is 0.749. The lowest BCUT2D eigenvalue weighted by atomic mass is 10.2. The SMILES string of the molecule is CCC(C)OCc1cc(OC)c(OC)c(OC)c1. The van der Waals surface area contributed by atoms with Crippen molar-refractivity contribution in [2.75, 3.05) is 21.3 Å². The zero-order valence-corrected chi connectivity index (χ0v) is 11.8. The third kappa shape index (κ3) is 3.53. The molecule has 0 heterocycles. The van der Waals surface area contributed by atoms with Crippen LogP contribution in [0.5, 0.6) is 17.2 Å². The molecule has 0 aliphatic rings. The van der Waals surface area contributed by atoms with Crippen molar-refractivity contribution in [1.82, 2.24) is 0 Å². The molecule has 1 atom stereocenters. The molecule has 0 radical (unpaired) electrons. The Morgan fingerprint density at radius 3 is 1.94 bits per heavy atom. The Balaban J connectivity index is 2.93. The molecule has 0 saturated carbocycles. The van der Waals surface area contributed by atoms with Crippen LogP contribution in [0.1, 0.15) is 25.8 Å². The predicted molar refractivity (Wildman–Crippen MR) is 70.6 cm³/mol. The van der Waals surface area contributed by atoms with E-state index in [0.717, 1.165) is 12.0 Å². The lowest BCUT2D eigenvalue weighted by Crippen LogP contribution is -2.06. The lowest BCUT2D eigenvalue weighted by Gasteiger charge is -2.15. The van der Waals surface area contributed by atoms with Crippen LogP contribution in [-0.4, -0.2) is 27.4 Å². The fraction of sp³-hybridized carbons (Fsp3) is 0.571. The zero-order chi connectivity index (χ0) is 13.5. The van der Waals surface area contributed by atoms with Crippen LogP contribution >= 0.6 is 0 Å². The van der Waals surface area contributed by atoms with Crippen molar-refractivity contribution < 1.29 is 18.9 Å². The van der Waals surface area contributed by atoms with Crippen LogP contribution < -0.4 is 14.2 Å². The normalized spacial score (nSPS) is 12.1. The highest BCUT2D eigenvalue weighted by atomic mass is 16.5. The van der Waals surface area contributed by atoms with Gasteiger partial charge in [-0.3, -0.25) is 0 Å². The van der Waals surface area contributed by atoms with Crippen LogP contribution in [0.15, 0.2) is 12.1 Å². The molecule has 1 rings (SSSR count). The van der Waals surface area contributed by atoms with Gasteiger partial charge in [0.05, 0.1) is 34.0 Å². The Hall–Kier alpha value is -1.42. The van der Waals surface area contributed by atoms with Gasteiger partial charge in [-0.1, -0.05) is 6.92 Å². The van der Waals surface area contributed by atoms with Gasteiger partial charge in [0.15, 0.2) is 11.5 Å². The summed E-state index contributed by atoms with van der Waals surface area (Å²) >= 11 is 0. The maximum Gasteiger partial charge on any atom is 0.203 e. The van der Waals surface area contributed by atoms with Crippen molar-refractivity contribution in [3.8, 4) is 17.2 Å². The van der Waals surface area contributed by atoms with Gasteiger partial charge in [-0.2, -0.15) is 0 Å². The van der Waals surface area contributed by atoms with Crippen molar-refractivity contribution in [2.24, 2.45) is 0 Å². The summed E-state index contributed by atoms with van der Waals surface area (Å²) < 4.78 is 21.6. The number of methoxy groups -OCH3 is 3. The Morgan fingerprint density at radius 1 is 1.00 bits per heavy atom. The Kier molecular flexibility index (Phi) is 5.78. The van der Waals surface area contributed by atoms with Crippen LogP contribution in [0.3, 0.4) is 0 Å². The molecule has 0 aromatic heterocycles. The first kappa shape index (κ1) is 14.6. The summed E-state index contributed by atoms with van der Waals surface area (Å²) in [6.07, 6.45) is 1.23. The van der Waals surface area contributed by atoms with Crippen molar-refractivity contribution >= 4 is 0 Å². The van der Waals surface area contributed by atoms with E-state index >= 15 is 0 Å². The predicted octanol–water partition coefficient (Wildman–Crippen LogP) is 3.03. The van der Waals surface area contributed by atoms with Gasteiger partial charge in [-0.05, 0) is 31.0 Å². The van der Waals surface area contributed by atoms with Crippen LogP contribution in [0.25, 0.3) is 0 Å². The molecule has 0 spiro atoms. The minimum absolute atomic E-state index is 0.240. The summed E-state index contributed by atoms with van der Waals surface area (Å²) in [7, 11) is 4.81. The molecule has 102 valence electrons. The van der Waals surface area contributed by atoms with Crippen LogP contribution in [0.2, 0.25) is 0 Å². The highest BCUT2D eigenvalue weighted by Gasteiger charge is 2.13. The summed E-state index contributed by atoms with van der Waals surface area (Å²) in [6.45, 7) is 4.68. The number of hydrogen-bond donors (Lipinski definition) is 0. The average Bonchev–Trinajstić information content (AvgIpc) is 2.43. The Bertz CT molecular complexity index is 351. The molecule has 0 aliphatic heterocycles. The first-order valence-corrected chi connectivity index (χ1v) is 6.06. The largest absolute Gasteiger partial charge is 0.493 e. The lowest BCUT2D eigenvalue weighted by molar-refractivity contribution is 0.0506. The first-order chi connectivity index (χ1) is 8.65. The molecule has 0 bridgehead atoms. The van der Waals surface area contributed by atoms with E-state index in [9.17, 15) is 0 Å². The monoisotopic (exact) mass is 254 g/mol. The summed E-state index contributed by atoms with van der Waals surface area (Å²) in [5.41, 5.74) is 1.00. The van der Waals surface area contributed by atoms with Gasteiger partial charge < -0.3 is 18.9 Å². The van der Waals surface area contributed by atoms with Gasteiger partial charge >= 0.3 is 0 Å². The second-order valence-corrected chi connectivity index (χ2v) is 4.06. The van der Waals surface area contributed by atoms with E-state index in [2.05, 4.69) is 13.8 Å². The van der Waals surface area contributed by atoms with E-state index < -0.39 is 0 Å². The third-order valence-electron chi connectivity index (χ3n) is 2.83. The van der Waals surface area contributed by atoms with E-state index in [4.69, 9.17) is 18.9 Å². The molecule has 0 amide bonds. The van der Waals surface area contributed by atoms with Gasteiger partial charge in [0.1, 0.15) is 0 Å². The summed E-state index contributed by atoms with van der Waals surface area (Å²) in [4.78, 5) is 0. The van der Waals surface area contributed by atoms with Crippen molar-refractivity contribution in [3.05, 3.63) is 17.7 Å². The molecule has 4 heteroatoms. The van der Waals surface area contributed by atoms with Crippen LogP contribution in [-0.2, 0) is 11.3 Å². The number of hydrogen-bond acceptors (Lipinski definition) is 4. The van der Waals surface area contributed by atoms with Gasteiger partial charge in [0, 0.05) is 0 Å². The van der Waals surface area contributed by atoms with Crippen molar-refractivity contribution in [1.29, 1.82) is 0 Å². The Labute approximate surface area is 109 Å². The molecule has 0 fully saturated rings. The van der Waals surface area contributed by atoms with Gasteiger partial charge in [0.25, 0.3) is 0 Å². The molecule has 4 nitrogen and oxygen atoms in total. The fourth-order valence-electron chi connectivity index (χ4n) is 1.58. The molecule has 1 unspecified atom stereocenters. The summed E-state index contributed by atoms with van der Waals surface area (Å²) in [5.74, 6) is 1.91. The Morgan fingerprint density at radius 2 is 1.56 bits per heavy atom. The number of benzene rings is 1. The van der Waals surface area contributed by atoms with Crippen LogP contribution in [0.4, 0.5) is 0 Å². The topological polar surface area (TPSA) is 36.9 Å². The average molecular weight is 254 g/mol. The van der Waals surface area contributed by atoms with Crippen LogP contribution in [0, 0.1) is 0 Å². The van der Waals surface area contributed by atoms with E-state index in [0.29, 0.717) is 23.9 Å². The highest BCUT2D eigenvalue weighted by molar-refractivity contribution is 5.53. The molecule has 1 aromatic carbocycles. The van der Waals surface area contributed by atoms with E-state index in [-0.39, 0.29) is 6.10 Å². The minimum atomic E-state index is 0.240. The minimum Gasteiger partial charge on any atom is -0.493 e. The second-order valence-electron chi connectivity index (χ2n) is 4.06. The number of rotatable bonds is 7. The maximum absolute atomic E-state index is 5.70. The van der Waals surface area contributed by atoms with Gasteiger partial charge in [-0.25, -0.2) is 0 Å². The smallest absolute Gasteiger partial charge is 0.203 e. The molecule has 18 heavy (non-hydrogen) atoms. The summed E-state index contributed by atoms with van der Waals surface area (Å²) in [5, 5.41) is 0. The standard InChI is InChI=1S/C14H22O4/c1-6-10(2)18-9-11-7-12(15-3)14(17-5)13(8-11)16-4/h7-8,10H,6,9H2,1-5H3. The third-order valence-corrected chi connectivity index (χ3v) is 2.83. The fourth-order valence-corrected chi connectivity index (χ4v) is 1.58. The molecule has 0 saturated heterocycles. The highest BCUT2D eigenvalue weighted by Crippen LogP contribution is 2.38. The molecule has 0 N–H and O–H groups in total.